The Morgan fingerprint density at radius 1 is 1.20 bits per heavy atom. The number of benzene rings is 1. The highest BCUT2D eigenvalue weighted by Gasteiger charge is 2.40. The molecule has 2 heterocycles. The van der Waals surface area contributed by atoms with Gasteiger partial charge in [0.1, 0.15) is 0 Å². The lowest BCUT2D eigenvalue weighted by molar-refractivity contribution is -0.117. The zero-order valence-corrected chi connectivity index (χ0v) is 18.5. The molecule has 3 aromatic rings. The van der Waals surface area contributed by atoms with Crippen LogP contribution in [0.4, 0.5) is 5.13 Å². The molecule has 0 spiro atoms. The Labute approximate surface area is 182 Å². The number of fused-ring (bicyclic) bond motifs is 2. The first kappa shape index (κ1) is 19.6. The van der Waals surface area contributed by atoms with E-state index in [4.69, 9.17) is 4.98 Å². The number of carbonyl (C=O) groups is 1. The van der Waals surface area contributed by atoms with Crippen molar-refractivity contribution in [1.29, 1.82) is 0 Å². The molecule has 0 radical (unpaired) electrons. The van der Waals surface area contributed by atoms with Gasteiger partial charge in [-0.3, -0.25) is 4.79 Å². The van der Waals surface area contributed by atoms with E-state index in [-0.39, 0.29) is 5.91 Å². The Kier molecular flexibility index (Phi) is 5.23. The third-order valence-electron chi connectivity index (χ3n) is 7.12. The van der Waals surface area contributed by atoms with Gasteiger partial charge in [0.15, 0.2) is 5.13 Å². The maximum absolute atomic E-state index is 12.6. The highest BCUT2D eigenvalue weighted by Crippen LogP contribution is 2.49. The number of aryl methyl sites for hydroxylation is 1. The summed E-state index contributed by atoms with van der Waals surface area (Å²) in [6.45, 7) is 5.15. The molecule has 2 fully saturated rings. The van der Waals surface area contributed by atoms with Crippen molar-refractivity contribution < 1.29 is 4.79 Å². The van der Waals surface area contributed by atoms with E-state index in [0.717, 1.165) is 29.6 Å². The predicted molar refractivity (Wildman–Crippen MR) is 123 cm³/mol. The predicted octanol–water partition coefficient (Wildman–Crippen LogP) is 6.04. The monoisotopic (exact) mass is 419 g/mol. The molecule has 2 aromatic heterocycles. The van der Waals surface area contributed by atoms with Crippen LogP contribution in [-0.2, 0) is 11.3 Å². The molecule has 3 atom stereocenters. The average Bonchev–Trinajstić information content (AvgIpc) is 3.51. The van der Waals surface area contributed by atoms with Crippen LogP contribution in [0, 0.1) is 31.6 Å². The highest BCUT2D eigenvalue weighted by atomic mass is 32.1. The Balaban J connectivity index is 1.27. The Morgan fingerprint density at radius 2 is 2.03 bits per heavy atom. The number of nitrogens with zero attached hydrogens (tertiary/aromatic N) is 2. The summed E-state index contributed by atoms with van der Waals surface area (Å²) in [5.41, 5.74) is 5.82. The van der Waals surface area contributed by atoms with E-state index < -0.39 is 0 Å². The van der Waals surface area contributed by atoms with E-state index in [2.05, 4.69) is 59.4 Å². The van der Waals surface area contributed by atoms with Crippen LogP contribution in [0.25, 0.3) is 11.3 Å². The van der Waals surface area contributed by atoms with Crippen LogP contribution in [0.1, 0.15) is 49.1 Å². The number of hydrogen-bond donors (Lipinski definition) is 1. The second-order valence-corrected chi connectivity index (χ2v) is 9.94. The summed E-state index contributed by atoms with van der Waals surface area (Å²) < 4.78 is 2.33. The van der Waals surface area contributed by atoms with E-state index in [1.807, 2.05) is 6.07 Å². The maximum Gasteiger partial charge on any atom is 0.226 e. The second-order valence-electron chi connectivity index (χ2n) is 9.08. The van der Waals surface area contributed by atoms with E-state index in [0.29, 0.717) is 17.5 Å². The van der Waals surface area contributed by atoms with Gasteiger partial charge >= 0.3 is 0 Å². The molecule has 5 heteroatoms. The van der Waals surface area contributed by atoms with Crippen LogP contribution in [0.2, 0.25) is 0 Å². The Hall–Kier alpha value is -2.40. The van der Waals surface area contributed by atoms with Crippen LogP contribution in [-0.4, -0.2) is 15.5 Å². The fraction of sp³-hybridized carbons (Fsp3) is 0.440. The molecule has 30 heavy (non-hydrogen) atoms. The molecule has 2 aliphatic rings. The largest absolute Gasteiger partial charge is 0.344 e. The minimum atomic E-state index is 0.128. The minimum Gasteiger partial charge on any atom is -0.344 e. The molecule has 0 saturated heterocycles. The summed E-state index contributed by atoms with van der Waals surface area (Å²) in [6.07, 6.45) is 5.94. The number of amides is 1. The van der Waals surface area contributed by atoms with Crippen LogP contribution in [0.5, 0.6) is 0 Å². The maximum atomic E-state index is 12.6. The zero-order chi connectivity index (χ0) is 20.7. The third kappa shape index (κ3) is 3.83. The summed E-state index contributed by atoms with van der Waals surface area (Å²) in [5, 5.41) is 5.83. The molecule has 2 bridgehead atoms. The number of anilines is 1. The molecule has 1 aromatic carbocycles. The van der Waals surface area contributed by atoms with Gasteiger partial charge in [0, 0.05) is 35.3 Å². The SMILES string of the molecule is Cc1cc(-c2csc(NC(=O)C[C@@H]3C[C@@H]4CC[C@@H]3C4)n2)c(C)n1Cc1ccccc1. The quantitative estimate of drug-likeness (QED) is 0.529. The summed E-state index contributed by atoms with van der Waals surface area (Å²) in [6, 6.07) is 12.7. The molecular weight excluding hydrogens is 390 g/mol. The number of aromatic nitrogens is 2. The van der Waals surface area contributed by atoms with Gasteiger partial charge in [0.05, 0.1) is 5.69 Å². The van der Waals surface area contributed by atoms with Crippen molar-refractivity contribution in [3.8, 4) is 11.3 Å². The van der Waals surface area contributed by atoms with Gasteiger partial charge in [-0.1, -0.05) is 36.8 Å². The van der Waals surface area contributed by atoms with E-state index in [1.54, 1.807) is 0 Å². The number of rotatable bonds is 6. The first-order chi connectivity index (χ1) is 14.6. The van der Waals surface area contributed by atoms with Gasteiger partial charge in [0.25, 0.3) is 0 Å². The molecule has 4 nitrogen and oxygen atoms in total. The fourth-order valence-corrected chi connectivity index (χ4v) is 6.29. The number of hydrogen-bond acceptors (Lipinski definition) is 3. The lowest BCUT2D eigenvalue weighted by Gasteiger charge is -2.20. The third-order valence-corrected chi connectivity index (χ3v) is 7.87. The summed E-state index contributed by atoms with van der Waals surface area (Å²) in [4.78, 5) is 17.3. The number of thiazole rings is 1. The molecule has 5 rings (SSSR count). The van der Waals surface area contributed by atoms with Crippen LogP contribution in [0.15, 0.2) is 41.8 Å². The van der Waals surface area contributed by atoms with Gasteiger partial charge in [-0.15, -0.1) is 11.3 Å². The average molecular weight is 420 g/mol. The van der Waals surface area contributed by atoms with Crippen molar-refractivity contribution >= 4 is 22.4 Å². The number of nitrogens with one attached hydrogen (secondary N) is 1. The highest BCUT2D eigenvalue weighted by molar-refractivity contribution is 7.14. The van der Waals surface area contributed by atoms with Crippen LogP contribution >= 0.6 is 11.3 Å². The minimum absolute atomic E-state index is 0.128. The summed E-state index contributed by atoms with van der Waals surface area (Å²) in [7, 11) is 0. The normalized spacial score (nSPS) is 22.5. The summed E-state index contributed by atoms with van der Waals surface area (Å²) in [5.74, 6) is 2.37. The molecule has 1 amide bonds. The molecular formula is C25H29N3OS. The van der Waals surface area contributed by atoms with Gasteiger partial charge < -0.3 is 9.88 Å². The van der Waals surface area contributed by atoms with Crippen molar-refractivity contribution in [1.82, 2.24) is 9.55 Å². The fourth-order valence-electron chi connectivity index (χ4n) is 5.56. The molecule has 0 unspecified atom stereocenters. The van der Waals surface area contributed by atoms with Gasteiger partial charge in [-0.2, -0.15) is 0 Å². The molecule has 0 aliphatic heterocycles. The molecule has 1 N–H and O–H groups in total. The standard InChI is InChI=1S/C25H29N3OS/c1-16-10-22(17(2)28(16)14-18-6-4-3-5-7-18)23-15-30-25(26-23)27-24(29)13-21-12-19-8-9-20(21)11-19/h3-7,10,15,19-21H,8-9,11-14H2,1-2H3,(H,26,27,29)/t19-,20-,21+/m1/s1. The molecule has 2 aliphatic carbocycles. The van der Waals surface area contributed by atoms with Gasteiger partial charge in [-0.25, -0.2) is 4.98 Å². The van der Waals surface area contributed by atoms with Crippen molar-refractivity contribution in [2.24, 2.45) is 17.8 Å². The smallest absolute Gasteiger partial charge is 0.226 e. The second kappa shape index (κ2) is 8.03. The van der Waals surface area contributed by atoms with Crippen molar-refractivity contribution in [2.45, 2.75) is 52.5 Å². The lowest BCUT2D eigenvalue weighted by Crippen LogP contribution is -2.20. The van der Waals surface area contributed by atoms with E-state index >= 15 is 0 Å². The first-order valence-corrected chi connectivity index (χ1v) is 11.9. The first-order valence-electron chi connectivity index (χ1n) is 11.0. The van der Waals surface area contributed by atoms with Crippen LogP contribution < -0.4 is 5.32 Å². The van der Waals surface area contributed by atoms with Crippen molar-refractivity contribution in [3.05, 3.63) is 58.7 Å². The van der Waals surface area contributed by atoms with Crippen molar-refractivity contribution in [3.63, 3.8) is 0 Å². The van der Waals surface area contributed by atoms with Crippen LogP contribution in [0.3, 0.4) is 0 Å². The topological polar surface area (TPSA) is 46.9 Å². The molecule has 156 valence electrons. The van der Waals surface area contributed by atoms with Gasteiger partial charge in [0.2, 0.25) is 5.91 Å². The van der Waals surface area contributed by atoms with Crippen molar-refractivity contribution in [2.75, 3.05) is 5.32 Å². The lowest BCUT2D eigenvalue weighted by atomic mass is 9.86. The van der Waals surface area contributed by atoms with E-state index in [1.165, 1.54) is 54.0 Å². The molecule has 2 saturated carbocycles. The van der Waals surface area contributed by atoms with E-state index in [9.17, 15) is 4.79 Å². The Morgan fingerprint density at radius 3 is 2.77 bits per heavy atom. The zero-order valence-electron chi connectivity index (χ0n) is 17.7. The van der Waals surface area contributed by atoms with Gasteiger partial charge in [-0.05, 0) is 62.5 Å². The summed E-state index contributed by atoms with van der Waals surface area (Å²) >= 11 is 1.52. The number of carbonyl (C=O) groups excluding carboxylic acids is 1. The Bertz CT molecular complexity index is 1050.